The number of benzene rings is 3. The van der Waals surface area contributed by atoms with E-state index in [0.29, 0.717) is 28.6 Å². The van der Waals surface area contributed by atoms with Crippen molar-refractivity contribution in [1.29, 1.82) is 0 Å². The third-order valence-electron chi connectivity index (χ3n) is 4.95. The number of anilines is 1. The van der Waals surface area contributed by atoms with Gasteiger partial charge in [-0.2, -0.15) is 0 Å². The van der Waals surface area contributed by atoms with Crippen molar-refractivity contribution >= 4 is 52.2 Å². The molecule has 1 heterocycles. The number of hydrogen-bond donors (Lipinski definition) is 1. The Bertz CT molecular complexity index is 1270. The molecule has 1 N–H and O–H groups in total. The van der Waals surface area contributed by atoms with Crippen LogP contribution in [0.1, 0.15) is 16.7 Å². The van der Waals surface area contributed by atoms with E-state index in [9.17, 15) is 14.4 Å². The van der Waals surface area contributed by atoms with Gasteiger partial charge in [0, 0.05) is 10.7 Å². The highest BCUT2D eigenvalue weighted by Gasteiger charge is 2.36. The van der Waals surface area contributed by atoms with Crippen molar-refractivity contribution in [3.63, 3.8) is 0 Å². The molecule has 3 aromatic rings. The highest BCUT2D eigenvalue weighted by atomic mass is 35.5. The number of halogens is 1. The number of aryl methyl sites for hydroxylation is 1. The largest absolute Gasteiger partial charge is 0.489 e. The maximum atomic E-state index is 12.8. The van der Waals surface area contributed by atoms with Crippen LogP contribution in [0.15, 0.2) is 77.7 Å². The Morgan fingerprint density at radius 3 is 2.59 bits per heavy atom. The number of carbonyl (C=O) groups excluding carboxylic acids is 3. The van der Waals surface area contributed by atoms with E-state index in [0.717, 1.165) is 27.8 Å². The molecule has 34 heavy (non-hydrogen) atoms. The van der Waals surface area contributed by atoms with E-state index in [-0.39, 0.29) is 11.4 Å². The van der Waals surface area contributed by atoms with E-state index in [1.165, 1.54) is 0 Å². The van der Waals surface area contributed by atoms with Gasteiger partial charge in [-0.15, -0.1) is 0 Å². The van der Waals surface area contributed by atoms with Gasteiger partial charge in [-0.25, -0.2) is 0 Å². The number of amides is 3. The molecule has 0 radical (unpaired) electrons. The molecule has 6 nitrogen and oxygen atoms in total. The highest BCUT2D eigenvalue weighted by Crippen LogP contribution is 2.32. The molecule has 3 aromatic carbocycles. The third-order valence-corrected chi connectivity index (χ3v) is 6.11. The number of imide groups is 1. The van der Waals surface area contributed by atoms with E-state index in [2.05, 4.69) is 5.32 Å². The lowest BCUT2D eigenvalue weighted by Gasteiger charge is -2.12. The first kappa shape index (κ1) is 23.6. The average Bonchev–Trinajstić information content (AvgIpc) is 3.06. The Morgan fingerprint density at radius 2 is 1.82 bits per heavy atom. The molecule has 0 atom stereocenters. The molecule has 0 bridgehead atoms. The van der Waals surface area contributed by atoms with Crippen molar-refractivity contribution in [2.24, 2.45) is 0 Å². The van der Waals surface area contributed by atoms with Crippen LogP contribution < -0.4 is 10.1 Å². The van der Waals surface area contributed by atoms with E-state index in [4.69, 9.17) is 16.3 Å². The summed E-state index contributed by atoms with van der Waals surface area (Å²) in [6.45, 7) is 1.93. The molecule has 1 aliphatic heterocycles. The summed E-state index contributed by atoms with van der Waals surface area (Å²) in [6.07, 6.45) is 1.62. The lowest BCUT2D eigenvalue weighted by molar-refractivity contribution is -0.127. The molecule has 0 spiro atoms. The molecular formula is C26H21ClN2O4S. The molecule has 0 saturated carbocycles. The van der Waals surface area contributed by atoms with Crippen LogP contribution in [0.3, 0.4) is 0 Å². The number of thioether (sulfide) groups is 1. The van der Waals surface area contributed by atoms with Gasteiger partial charge in [0.05, 0.1) is 4.91 Å². The zero-order chi connectivity index (χ0) is 24.1. The zero-order valence-electron chi connectivity index (χ0n) is 18.3. The van der Waals surface area contributed by atoms with E-state index in [1.807, 2.05) is 55.5 Å². The van der Waals surface area contributed by atoms with Gasteiger partial charge in [-0.05, 0) is 77.9 Å². The van der Waals surface area contributed by atoms with Crippen LogP contribution in [-0.4, -0.2) is 28.5 Å². The summed E-state index contributed by atoms with van der Waals surface area (Å²) in [5.74, 6) is -0.311. The van der Waals surface area contributed by atoms with Crippen molar-refractivity contribution in [2.75, 3.05) is 11.9 Å². The van der Waals surface area contributed by atoms with Crippen LogP contribution in [0.2, 0.25) is 5.02 Å². The van der Waals surface area contributed by atoms with Crippen molar-refractivity contribution in [1.82, 2.24) is 4.90 Å². The predicted molar refractivity (Wildman–Crippen MR) is 135 cm³/mol. The fourth-order valence-corrected chi connectivity index (χ4v) is 4.26. The van der Waals surface area contributed by atoms with Crippen molar-refractivity contribution in [3.8, 4) is 5.75 Å². The monoisotopic (exact) mass is 492 g/mol. The Balaban J connectivity index is 1.39. The summed E-state index contributed by atoms with van der Waals surface area (Å²) >= 11 is 6.72. The Morgan fingerprint density at radius 1 is 1.06 bits per heavy atom. The van der Waals surface area contributed by atoms with Gasteiger partial charge in [0.1, 0.15) is 18.9 Å². The molecule has 0 aliphatic carbocycles. The standard InChI is InChI=1S/C26H21ClN2O4S/c1-17-4-2-6-21(12-17)28-24(30)15-29-25(31)23(34-26(29)32)14-19-5-3-7-22(13-19)33-16-18-8-10-20(27)11-9-18/h2-14H,15-16H2,1H3,(H,28,30)/b23-14+. The van der Waals surface area contributed by atoms with Gasteiger partial charge in [0.25, 0.3) is 11.1 Å². The Kier molecular flexibility index (Phi) is 7.35. The molecule has 1 aliphatic rings. The minimum absolute atomic E-state index is 0.253. The average molecular weight is 493 g/mol. The first-order valence-corrected chi connectivity index (χ1v) is 11.7. The van der Waals surface area contributed by atoms with E-state index in [1.54, 1.807) is 30.3 Å². The van der Waals surface area contributed by atoms with Crippen LogP contribution in [0.4, 0.5) is 10.5 Å². The van der Waals surface area contributed by atoms with Crippen LogP contribution >= 0.6 is 23.4 Å². The van der Waals surface area contributed by atoms with Gasteiger partial charge in [0.15, 0.2) is 0 Å². The van der Waals surface area contributed by atoms with Gasteiger partial charge in [-0.1, -0.05) is 48.0 Å². The summed E-state index contributed by atoms with van der Waals surface area (Å²) in [7, 11) is 0. The Labute approximate surface area is 206 Å². The van der Waals surface area contributed by atoms with E-state index < -0.39 is 17.1 Å². The van der Waals surface area contributed by atoms with Crippen molar-refractivity contribution in [2.45, 2.75) is 13.5 Å². The van der Waals surface area contributed by atoms with Crippen LogP contribution in [0, 0.1) is 6.92 Å². The molecule has 172 valence electrons. The zero-order valence-corrected chi connectivity index (χ0v) is 19.9. The fraction of sp³-hybridized carbons (Fsp3) is 0.115. The number of nitrogens with one attached hydrogen (secondary N) is 1. The molecule has 0 unspecified atom stereocenters. The second-order valence-corrected chi connectivity index (χ2v) is 9.10. The summed E-state index contributed by atoms with van der Waals surface area (Å²) < 4.78 is 5.83. The molecule has 3 amide bonds. The van der Waals surface area contributed by atoms with Gasteiger partial charge in [-0.3, -0.25) is 19.3 Å². The van der Waals surface area contributed by atoms with Crippen molar-refractivity contribution < 1.29 is 19.1 Å². The first-order chi connectivity index (χ1) is 16.4. The lowest BCUT2D eigenvalue weighted by atomic mass is 10.2. The summed E-state index contributed by atoms with van der Waals surface area (Å²) in [6, 6.07) is 21.9. The van der Waals surface area contributed by atoms with Crippen LogP contribution in [0.25, 0.3) is 6.08 Å². The quantitative estimate of drug-likeness (QED) is 0.415. The van der Waals surface area contributed by atoms with Gasteiger partial charge in [0.2, 0.25) is 5.91 Å². The predicted octanol–water partition coefficient (Wildman–Crippen LogP) is 5.90. The van der Waals surface area contributed by atoms with Gasteiger partial charge >= 0.3 is 0 Å². The first-order valence-electron chi connectivity index (χ1n) is 10.5. The Hall–Kier alpha value is -3.55. The molecule has 1 saturated heterocycles. The van der Waals surface area contributed by atoms with Crippen LogP contribution in [0.5, 0.6) is 5.75 Å². The maximum Gasteiger partial charge on any atom is 0.294 e. The molecule has 8 heteroatoms. The lowest BCUT2D eigenvalue weighted by Crippen LogP contribution is -2.36. The summed E-state index contributed by atoms with van der Waals surface area (Å²) in [5.41, 5.74) is 3.29. The third kappa shape index (κ3) is 6.07. The van der Waals surface area contributed by atoms with Gasteiger partial charge < -0.3 is 10.1 Å². The molecule has 4 rings (SSSR count). The number of ether oxygens (including phenoxy) is 1. The second-order valence-electron chi connectivity index (χ2n) is 7.67. The molecular weight excluding hydrogens is 472 g/mol. The molecule has 1 fully saturated rings. The van der Waals surface area contributed by atoms with Crippen molar-refractivity contribution in [3.05, 3.63) is 99.4 Å². The normalized spacial score (nSPS) is 14.5. The minimum Gasteiger partial charge on any atom is -0.489 e. The minimum atomic E-state index is -0.498. The number of nitrogens with zero attached hydrogens (tertiary/aromatic N) is 1. The topological polar surface area (TPSA) is 75.7 Å². The summed E-state index contributed by atoms with van der Waals surface area (Å²) in [5, 5.41) is 2.89. The fourth-order valence-electron chi connectivity index (χ4n) is 3.30. The SMILES string of the molecule is Cc1cccc(NC(=O)CN2C(=O)S/C(=C/c3cccc(OCc4ccc(Cl)cc4)c3)C2=O)c1. The number of hydrogen-bond acceptors (Lipinski definition) is 5. The smallest absolute Gasteiger partial charge is 0.294 e. The highest BCUT2D eigenvalue weighted by molar-refractivity contribution is 8.18. The maximum absolute atomic E-state index is 12.8. The van der Waals surface area contributed by atoms with Crippen LogP contribution in [-0.2, 0) is 16.2 Å². The van der Waals surface area contributed by atoms with E-state index >= 15 is 0 Å². The summed E-state index contributed by atoms with van der Waals surface area (Å²) in [4.78, 5) is 38.7. The molecule has 0 aromatic heterocycles. The number of carbonyl (C=O) groups is 3. The number of rotatable bonds is 7. The second kappa shape index (κ2) is 10.6.